The van der Waals surface area contributed by atoms with E-state index < -0.39 is 11.8 Å². The Bertz CT molecular complexity index is 1080. The highest BCUT2D eigenvalue weighted by molar-refractivity contribution is 6.39. The van der Waals surface area contributed by atoms with Gasteiger partial charge in [0, 0.05) is 57.3 Å². The molecule has 2 N–H and O–H groups in total. The highest BCUT2D eigenvalue weighted by Gasteiger charge is 2.26. The molecule has 0 aliphatic carbocycles. The molecule has 3 aromatic rings. The van der Waals surface area contributed by atoms with Crippen molar-refractivity contribution >= 4 is 17.5 Å². The summed E-state index contributed by atoms with van der Waals surface area (Å²) in [5.74, 6) is -1.30. The Kier molecular flexibility index (Phi) is 8.59. The maximum absolute atomic E-state index is 12.6. The molecule has 1 fully saturated rings. The topological polar surface area (TPSA) is 77.6 Å². The van der Waals surface area contributed by atoms with Gasteiger partial charge in [-0.05, 0) is 41.3 Å². The molecule has 0 spiro atoms. The fraction of sp³-hybridized carbons (Fsp3) is 0.321. The van der Waals surface area contributed by atoms with E-state index in [1.807, 2.05) is 48.7 Å². The standard InChI is InChI=1S/C28H33N5O2/c1-2-22-10-12-25(13-11-22)31-28(35)27(34)30-20-26(24-9-6-14-29-19-24)33-17-15-32(16-18-33)21-23-7-4-3-5-8-23/h3-14,19,26H,2,15-18,20-21H2,1H3,(H,30,34)(H,31,35)/t26-/m1/s1. The first-order valence-electron chi connectivity index (χ1n) is 12.2. The number of hydrogen-bond donors (Lipinski definition) is 2. The van der Waals surface area contributed by atoms with Gasteiger partial charge >= 0.3 is 11.8 Å². The summed E-state index contributed by atoms with van der Waals surface area (Å²) in [7, 11) is 0. The Morgan fingerprint density at radius 1 is 0.886 bits per heavy atom. The second-order valence-corrected chi connectivity index (χ2v) is 8.81. The number of pyridine rings is 1. The molecule has 1 saturated heterocycles. The van der Waals surface area contributed by atoms with Crippen LogP contribution in [0.1, 0.15) is 29.7 Å². The summed E-state index contributed by atoms with van der Waals surface area (Å²) < 4.78 is 0. The molecule has 35 heavy (non-hydrogen) atoms. The first-order chi connectivity index (χ1) is 17.1. The summed E-state index contributed by atoms with van der Waals surface area (Å²) in [6.07, 6.45) is 4.50. The van der Waals surface area contributed by atoms with Gasteiger partial charge in [0.25, 0.3) is 0 Å². The summed E-state index contributed by atoms with van der Waals surface area (Å²) in [6.45, 7) is 6.97. The number of aromatic nitrogens is 1. The number of nitrogens with one attached hydrogen (secondary N) is 2. The summed E-state index contributed by atoms with van der Waals surface area (Å²) in [6, 6.07) is 21.9. The molecule has 182 valence electrons. The molecule has 0 bridgehead atoms. The van der Waals surface area contributed by atoms with Crippen LogP contribution in [0.2, 0.25) is 0 Å². The number of benzene rings is 2. The average Bonchev–Trinajstić information content (AvgIpc) is 2.91. The molecule has 2 amide bonds. The van der Waals surface area contributed by atoms with Crippen molar-refractivity contribution in [3.05, 3.63) is 95.8 Å². The van der Waals surface area contributed by atoms with Crippen molar-refractivity contribution in [1.29, 1.82) is 0 Å². The zero-order valence-electron chi connectivity index (χ0n) is 20.2. The molecule has 7 nitrogen and oxygen atoms in total. The zero-order chi connectivity index (χ0) is 24.5. The molecule has 1 aliphatic rings. The van der Waals surface area contributed by atoms with Crippen LogP contribution >= 0.6 is 0 Å². The first-order valence-corrected chi connectivity index (χ1v) is 12.2. The van der Waals surface area contributed by atoms with Crippen LogP contribution in [-0.4, -0.2) is 59.3 Å². The summed E-state index contributed by atoms with van der Waals surface area (Å²) in [5, 5.41) is 5.52. The number of nitrogens with zero attached hydrogens (tertiary/aromatic N) is 3. The van der Waals surface area contributed by atoms with Crippen molar-refractivity contribution in [2.24, 2.45) is 0 Å². The summed E-state index contributed by atoms with van der Waals surface area (Å²) >= 11 is 0. The minimum absolute atomic E-state index is 0.0526. The second-order valence-electron chi connectivity index (χ2n) is 8.81. The average molecular weight is 472 g/mol. The van der Waals surface area contributed by atoms with Crippen LogP contribution in [0.15, 0.2) is 79.1 Å². The highest BCUT2D eigenvalue weighted by atomic mass is 16.2. The lowest BCUT2D eigenvalue weighted by Gasteiger charge is -2.39. The molecule has 0 saturated carbocycles. The van der Waals surface area contributed by atoms with E-state index in [-0.39, 0.29) is 6.04 Å². The first kappa shape index (κ1) is 24.6. The molecule has 1 aromatic heterocycles. The highest BCUT2D eigenvalue weighted by Crippen LogP contribution is 2.22. The van der Waals surface area contributed by atoms with E-state index in [9.17, 15) is 9.59 Å². The van der Waals surface area contributed by atoms with Crippen LogP contribution in [-0.2, 0) is 22.6 Å². The van der Waals surface area contributed by atoms with Gasteiger partial charge in [0.05, 0.1) is 6.04 Å². The van der Waals surface area contributed by atoms with Gasteiger partial charge in [-0.1, -0.05) is 55.5 Å². The van der Waals surface area contributed by atoms with Crippen LogP contribution in [0.4, 0.5) is 5.69 Å². The van der Waals surface area contributed by atoms with Crippen molar-refractivity contribution in [3.63, 3.8) is 0 Å². The molecule has 2 aromatic carbocycles. The van der Waals surface area contributed by atoms with Gasteiger partial charge in [-0.3, -0.25) is 24.4 Å². The Morgan fingerprint density at radius 3 is 2.29 bits per heavy atom. The predicted octanol–water partition coefficient (Wildman–Crippen LogP) is 3.26. The molecule has 1 atom stereocenters. The summed E-state index contributed by atoms with van der Waals surface area (Å²) in [5.41, 5.74) is 4.13. The van der Waals surface area contributed by atoms with E-state index in [2.05, 4.69) is 56.6 Å². The van der Waals surface area contributed by atoms with Gasteiger partial charge in [-0.2, -0.15) is 0 Å². The molecule has 0 unspecified atom stereocenters. The molecule has 7 heteroatoms. The van der Waals surface area contributed by atoms with Crippen LogP contribution in [0.3, 0.4) is 0 Å². The summed E-state index contributed by atoms with van der Waals surface area (Å²) in [4.78, 5) is 34.1. The van der Waals surface area contributed by atoms with Crippen molar-refractivity contribution in [2.45, 2.75) is 25.9 Å². The largest absolute Gasteiger partial charge is 0.346 e. The molecule has 4 rings (SSSR count). The Labute approximate surface area is 207 Å². The molecule has 2 heterocycles. The predicted molar refractivity (Wildman–Crippen MR) is 138 cm³/mol. The number of anilines is 1. The lowest BCUT2D eigenvalue weighted by molar-refractivity contribution is -0.136. The van der Waals surface area contributed by atoms with Crippen LogP contribution in [0.25, 0.3) is 0 Å². The zero-order valence-corrected chi connectivity index (χ0v) is 20.2. The van der Waals surface area contributed by atoms with Crippen molar-refractivity contribution in [1.82, 2.24) is 20.1 Å². The molecular weight excluding hydrogens is 438 g/mol. The number of piperazine rings is 1. The third-order valence-corrected chi connectivity index (χ3v) is 6.45. The fourth-order valence-electron chi connectivity index (χ4n) is 4.39. The van der Waals surface area contributed by atoms with Crippen LogP contribution < -0.4 is 10.6 Å². The van der Waals surface area contributed by atoms with Crippen molar-refractivity contribution in [2.75, 3.05) is 38.0 Å². The number of rotatable bonds is 8. The van der Waals surface area contributed by atoms with Crippen LogP contribution in [0, 0.1) is 0 Å². The smallest absolute Gasteiger partial charge is 0.313 e. The van der Waals surface area contributed by atoms with Gasteiger partial charge in [0.15, 0.2) is 0 Å². The Hall–Kier alpha value is -3.55. The second kappa shape index (κ2) is 12.2. The number of carbonyl (C=O) groups is 2. The van der Waals surface area contributed by atoms with E-state index in [1.54, 1.807) is 6.20 Å². The van der Waals surface area contributed by atoms with Gasteiger partial charge < -0.3 is 10.6 Å². The number of amides is 2. The van der Waals surface area contributed by atoms with Gasteiger partial charge in [0.2, 0.25) is 0 Å². The quantitative estimate of drug-likeness (QED) is 0.493. The van der Waals surface area contributed by atoms with E-state index in [4.69, 9.17) is 0 Å². The maximum atomic E-state index is 12.6. The lowest BCUT2D eigenvalue weighted by atomic mass is 10.1. The van der Waals surface area contributed by atoms with Crippen molar-refractivity contribution < 1.29 is 9.59 Å². The minimum Gasteiger partial charge on any atom is -0.346 e. The van der Waals surface area contributed by atoms with E-state index in [0.29, 0.717) is 12.2 Å². The Morgan fingerprint density at radius 2 is 1.63 bits per heavy atom. The fourth-order valence-corrected chi connectivity index (χ4v) is 4.39. The minimum atomic E-state index is -0.660. The van der Waals surface area contributed by atoms with E-state index in [0.717, 1.165) is 44.7 Å². The number of carbonyl (C=O) groups excluding carboxylic acids is 2. The van der Waals surface area contributed by atoms with E-state index in [1.165, 1.54) is 11.1 Å². The third kappa shape index (κ3) is 6.97. The Balaban J connectivity index is 1.34. The van der Waals surface area contributed by atoms with Gasteiger partial charge in [0.1, 0.15) is 0 Å². The van der Waals surface area contributed by atoms with Crippen LogP contribution in [0.5, 0.6) is 0 Å². The lowest BCUT2D eigenvalue weighted by Crippen LogP contribution is -2.50. The maximum Gasteiger partial charge on any atom is 0.313 e. The molecular formula is C28H33N5O2. The SMILES string of the molecule is CCc1ccc(NC(=O)C(=O)NC[C@H](c2cccnc2)N2CCN(Cc3ccccc3)CC2)cc1. The number of aryl methyl sites for hydroxylation is 1. The van der Waals surface area contributed by atoms with Gasteiger partial charge in [-0.25, -0.2) is 0 Å². The molecule has 1 aliphatic heterocycles. The van der Waals surface area contributed by atoms with Gasteiger partial charge in [-0.15, -0.1) is 0 Å². The monoisotopic (exact) mass is 471 g/mol. The number of hydrogen-bond acceptors (Lipinski definition) is 5. The molecule has 0 radical (unpaired) electrons. The third-order valence-electron chi connectivity index (χ3n) is 6.45. The van der Waals surface area contributed by atoms with Crippen molar-refractivity contribution in [3.8, 4) is 0 Å². The normalized spacial score (nSPS) is 15.3. The van der Waals surface area contributed by atoms with E-state index >= 15 is 0 Å².